The van der Waals surface area contributed by atoms with E-state index in [1.54, 1.807) is 6.07 Å². The van der Waals surface area contributed by atoms with Gasteiger partial charge in [0.25, 0.3) is 0 Å². The summed E-state index contributed by atoms with van der Waals surface area (Å²) in [6.45, 7) is 1.26. The Hall–Kier alpha value is -3.27. The number of rotatable bonds is 4. The molecule has 0 spiro atoms. The van der Waals surface area contributed by atoms with Crippen LogP contribution in [-0.2, 0) is 24.2 Å². The van der Waals surface area contributed by atoms with Crippen LogP contribution in [0.4, 0.5) is 5.69 Å². The zero-order chi connectivity index (χ0) is 19.5. The third kappa shape index (κ3) is 3.72. The summed E-state index contributed by atoms with van der Waals surface area (Å²) in [5.74, 6) is 0.414. The predicted molar refractivity (Wildman–Crippen MR) is 112 cm³/mol. The number of carbonyl (C=O) groups excluding carboxylic acids is 1. The van der Waals surface area contributed by atoms with E-state index in [2.05, 4.69) is 5.32 Å². The first kappa shape index (κ1) is 18.1. The summed E-state index contributed by atoms with van der Waals surface area (Å²) in [4.78, 5) is 14.8. The molecule has 0 aromatic heterocycles. The summed E-state index contributed by atoms with van der Waals surface area (Å²) in [6, 6.07) is 21.7. The molecule has 1 aliphatic rings. The Morgan fingerprint density at radius 1 is 1.07 bits per heavy atom. The highest BCUT2D eigenvalue weighted by molar-refractivity contribution is 5.80. The van der Waals surface area contributed by atoms with Gasteiger partial charge in [-0.2, -0.15) is 0 Å². The lowest BCUT2D eigenvalue weighted by Crippen LogP contribution is -2.37. The molecular formula is C24H24N2O2. The van der Waals surface area contributed by atoms with Crippen LogP contribution in [0.15, 0.2) is 66.7 Å². The second-order valence-corrected chi connectivity index (χ2v) is 7.19. The second kappa shape index (κ2) is 7.77. The van der Waals surface area contributed by atoms with Gasteiger partial charge in [-0.25, -0.2) is 0 Å². The molecule has 2 N–H and O–H groups in total. The molecule has 1 aliphatic heterocycles. The van der Waals surface area contributed by atoms with Crippen molar-refractivity contribution in [2.45, 2.75) is 19.4 Å². The molecule has 1 heterocycles. The van der Waals surface area contributed by atoms with Gasteiger partial charge in [-0.05, 0) is 58.5 Å². The van der Waals surface area contributed by atoms with E-state index in [9.17, 15) is 9.90 Å². The molecule has 0 saturated heterocycles. The molecule has 28 heavy (non-hydrogen) atoms. The van der Waals surface area contributed by atoms with Crippen molar-refractivity contribution < 1.29 is 9.90 Å². The number of fused-ring (bicyclic) bond motifs is 1. The Labute approximate surface area is 165 Å². The lowest BCUT2D eigenvalue weighted by Gasteiger charge is -2.31. The van der Waals surface area contributed by atoms with Crippen molar-refractivity contribution in [2.75, 3.05) is 18.9 Å². The van der Waals surface area contributed by atoms with Crippen molar-refractivity contribution in [3.05, 3.63) is 83.4 Å². The van der Waals surface area contributed by atoms with Gasteiger partial charge in [-0.1, -0.05) is 42.5 Å². The summed E-state index contributed by atoms with van der Waals surface area (Å²) in [7, 11) is 1.88. The van der Waals surface area contributed by atoms with E-state index < -0.39 is 0 Å². The predicted octanol–water partition coefficient (Wildman–Crippen LogP) is 4.23. The number of anilines is 1. The van der Waals surface area contributed by atoms with Crippen molar-refractivity contribution in [2.24, 2.45) is 0 Å². The van der Waals surface area contributed by atoms with Crippen LogP contribution in [0, 0.1) is 0 Å². The molecule has 0 atom stereocenters. The minimum Gasteiger partial charge on any atom is -0.508 e. The molecule has 4 heteroatoms. The topological polar surface area (TPSA) is 52.6 Å². The minimum atomic E-state index is 0.134. The maximum Gasteiger partial charge on any atom is 0.227 e. The van der Waals surface area contributed by atoms with Gasteiger partial charge in [0, 0.05) is 25.8 Å². The van der Waals surface area contributed by atoms with E-state index in [0.717, 1.165) is 39.9 Å². The Kier molecular flexibility index (Phi) is 5.02. The molecule has 0 unspecified atom stereocenters. The minimum absolute atomic E-state index is 0.134. The number of amides is 1. The highest BCUT2D eigenvalue weighted by atomic mass is 16.3. The third-order valence-electron chi connectivity index (χ3n) is 5.36. The molecule has 0 aliphatic carbocycles. The Bertz CT molecular complexity index is 981. The van der Waals surface area contributed by atoms with Crippen LogP contribution in [0.2, 0.25) is 0 Å². The Morgan fingerprint density at radius 2 is 1.82 bits per heavy atom. The number of aromatic hydroxyl groups is 1. The number of nitrogens with one attached hydrogen (secondary N) is 1. The highest BCUT2D eigenvalue weighted by Gasteiger charge is 2.24. The van der Waals surface area contributed by atoms with E-state index in [-0.39, 0.29) is 11.7 Å². The van der Waals surface area contributed by atoms with Crippen LogP contribution in [0.25, 0.3) is 11.1 Å². The first-order chi connectivity index (χ1) is 13.6. The van der Waals surface area contributed by atoms with Crippen molar-refractivity contribution in [3.8, 4) is 16.9 Å². The van der Waals surface area contributed by atoms with Gasteiger partial charge < -0.3 is 15.3 Å². The van der Waals surface area contributed by atoms with Crippen LogP contribution < -0.4 is 5.32 Å². The standard InChI is InChI=1S/C24H24N2O2/c1-25-20-9-7-17(8-10-20)13-24(28)26-12-11-19-14-21(27)15-22(23(19)16-26)18-5-3-2-4-6-18/h2-10,14-15,25,27H,11-13,16H2,1H3. The molecule has 0 radical (unpaired) electrons. The summed E-state index contributed by atoms with van der Waals surface area (Å²) in [5, 5.41) is 13.2. The smallest absolute Gasteiger partial charge is 0.227 e. The quantitative estimate of drug-likeness (QED) is 0.721. The van der Waals surface area contributed by atoms with Crippen LogP contribution >= 0.6 is 0 Å². The number of benzene rings is 3. The maximum atomic E-state index is 12.9. The molecule has 1 amide bonds. The zero-order valence-electron chi connectivity index (χ0n) is 16.0. The number of phenolic OH excluding ortho intramolecular Hbond substituents is 1. The van der Waals surface area contributed by atoms with E-state index in [4.69, 9.17) is 0 Å². The van der Waals surface area contributed by atoms with Crippen molar-refractivity contribution in [3.63, 3.8) is 0 Å². The Balaban J connectivity index is 1.57. The van der Waals surface area contributed by atoms with Crippen molar-refractivity contribution >= 4 is 11.6 Å². The van der Waals surface area contributed by atoms with Crippen LogP contribution in [-0.4, -0.2) is 29.5 Å². The maximum absolute atomic E-state index is 12.9. The number of hydrogen-bond donors (Lipinski definition) is 2. The van der Waals surface area contributed by atoms with Crippen LogP contribution in [0.3, 0.4) is 0 Å². The zero-order valence-corrected chi connectivity index (χ0v) is 16.0. The second-order valence-electron chi connectivity index (χ2n) is 7.19. The van der Waals surface area contributed by atoms with E-state index >= 15 is 0 Å². The average Bonchev–Trinajstić information content (AvgIpc) is 2.74. The van der Waals surface area contributed by atoms with Crippen molar-refractivity contribution in [1.29, 1.82) is 0 Å². The largest absolute Gasteiger partial charge is 0.508 e. The highest BCUT2D eigenvalue weighted by Crippen LogP contribution is 2.34. The molecule has 0 fully saturated rings. The average molecular weight is 372 g/mol. The molecule has 0 bridgehead atoms. The van der Waals surface area contributed by atoms with Gasteiger partial charge >= 0.3 is 0 Å². The molecule has 4 nitrogen and oxygen atoms in total. The molecule has 3 aromatic rings. The molecule has 3 aromatic carbocycles. The van der Waals surface area contributed by atoms with Gasteiger partial charge in [0.1, 0.15) is 5.75 Å². The summed E-state index contributed by atoms with van der Waals surface area (Å²) < 4.78 is 0. The summed E-state index contributed by atoms with van der Waals surface area (Å²) in [5.41, 5.74) is 6.38. The van der Waals surface area contributed by atoms with E-state index in [1.807, 2.05) is 72.6 Å². The van der Waals surface area contributed by atoms with Gasteiger partial charge in [0.2, 0.25) is 5.91 Å². The van der Waals surface area contributed by atoms with Gasteiger partial charge in [-0.15, -0.1) is 0 Å². The summed E-state index contributed by atoms with van der Waals surface area (Å²) >= 11 is 0. The first-order valence-electron chi connectivity index (χ1n) is 9.58. The number of phenols is 1. The van der Waals surface area contributed by atoms with Gasteiger partial charge in [-0.3, -0.25) is 4.79 Å². The third-order valence-corrected chi connectivity index (χ3v) is 5.36. The fourth-order valence-electron chi connectivity index (χ4n) is 3.81. The van der Waals surface area contributed by atoms with Crippen molar-refractivity contribution in [1.82, 2.24) is 4.90 Å². The fourth-order valence-corrected chi connectivity index (χ4v) is 3.81. The normalized spacial score (nSPS) is 13.1. The Morgan fingerprint density at radius 3 is 2.54 bits per heavy atom. The van der Waals surface area contributed by atoms with Gasteiger partial charge in [0.15, 0.2) is 0 Å². The van der Waals surface area contributed by atoms with Gasteiger partial charge in [0.05, 0.1) is 6.42 Å². The fraction of sp³-hybridized carbons (Fsp3) is 0.208. The van der Waals surface area contributed by atoms with Crippen LogP contribution in [0.1, 0.15) is 16.7 Å². The van der Waals surface area contributed by atoms with E-state index in [1.165, 1.54) is 0 Å². The lowest BCUT2D eigenvalue weighted by molar-refractivity contribution is -0.131. The molecule has 4 rings (SSSR count). The number of hydrogen-bond acceptors (Lipinski definition) is 3. The molecular weight excluding hydrogens is 348 g/mol. The monoisotopic (exact) mass is 372 g/mol. The van der Waals surface area contributed by atoms with E-state index in [0.29, 0.717) is 19.5 Å². The lowest BCUT2D eigenvalue weighted by atomic mass is 9.90. The molecule has 0 saturated carbocycles. The first-order valence-corrected chi connectivity index (χ1v) is 9.58. The SMILES string of the molecule is CNc1ccc(CC(=O)N2CCc3cc(O)cc(-c4ccccc4)c3C2)cc1. The summed E-state index contributed by atoms with van der Waals surface area (Å²) in [6.07, 6.45) is 1.16. The van der Waals surface area contributed by atoms with Crippen LogP contribution in [0.5, 0.6) is 5.75 Å². The molecule has 142 valence electrons. The number of nitrogens with zero attached hydrogens (tertiary/aromatic N) is 1. The number of carbonyl (C=O) groups is 1.